The van der Waals surface area contributed by atoms with Crippen molar-refractivity contribution in [3.05, 3.63) is 35.1 Å². The fourth-order valence-corrected chi connectivity index (χ4v) is 1.16. The quantitative estimate of drug-likeness (QED) is 0.753. The highest BCUT2D eigenvalue weighted by molar-refractivity contribution is 5.27. The number of nitrogens with zero attached hydrogens (tertiary/aromatic N) is 1. The van der Waals surface area contributed by atoms with Gasteiger partial charge >= 0.3 is 0 Å². The van der Waals surface area contributed by atoms with Crippen molar-refractivity contribution in [1.29, 1.82) is 5.26 Å². The number of hydrogen-bond donors (Lipinski definition) is 1. The fraction of sp³-hybridized carbons (Fsp3) is 0.300. The topological polar surface area (TPSA) is 49.8 Å². The average molecular weight is 178 g/mol. The van der Waals surface area contributed by atoms with Gasteiger partial charge in [-0.25, -0.2) is 4.39 Å². The molecule has 0 aliphatic carbocycles. The van der Waals surface area contributed by atoms with E-state index in [2.05, 4.69) is 0 Å². The number of nitriles is 1. The van der Waals surface area contributed by atoms with E-state index in [1.165, 1.54) is 6.07 Å². The molecule has 0 saturated carbocycles. The van der Waals surface area contributed by atoms with E-state index >= 15 is 0 Å². The molecule has 68 valence electrons. The van der Waals surface area contributed by atoms with E-state index in [4.69, 9.17) is 11.0 Å². The van der Waals surface area contributed by atoms with E-state index in [-0.39, 0.29) is 12.2 Å². The van der Waals surface area contributed by atoms with Gasteiger partial charge in [0.1, 0.15) is 5.82 Å². The molecule has 0 radical (unpaired) electrons. The summed E-state index contributed by atoms with van der Waals surface area (Å²) in [5, 5.41) is 8.41. The minimum atomic E-state index is -0.523. The predicted octanol–water partition coefficient (Wildman–Crippen LogP) is 2.05. The monoisotopic (exact) mass is 178 g/mol. The smallest absolute Gasteiger partial charge is 0.128 e. The molecule has 0 amide bonds. The minimum Gasteiger partial charge on any atom is -0.323 e. The van der Waals surface area contributed by atoms with Gasteiger partial charge in [-0.3, -0.25) is 0 Å². The Morgan fingerprint density at radius 3 is 2.92 bits per heavy atom. The SMILES string of the molecule is Cc1ccc(F)c([C@@H](N)CC#N)c1. The Kier molecular flexibility index (Phi) is 2.99. The van der Waals surface area contributed by atoms with Gasteiger partial charge in [-0.1, -0.05) is 17.7 Å². The van der Waals surface area contributed by atoms with Crippen LogP contribution in [0.15, 0.2) is 18.2 Å². The number of rotatable bonds is 2. The third-order valence-corrected chi connectivity index (χ3v) is 1.86. The van der Waals surface area contributed by atoms with Crippen molar-refractivity contribution in [2.45, 2.75) is 19.4 Å². The summed E-state index contributed by atoms with van der Waals surface area (Å²) in [7, 11) is 0. The van der Waals surface area contributed by atoms with Crippen molar-refractivity contribution < 1.29 is 4.39 Å². The molecule has 1 atom stereocenters. The molecule has 2 nitrogen and oxygen atoms in total. The maximum Gasteiger partial charge on any atom is 0.128 e. The molecule has 1 aromatic rings. The first-order valence-electron chi connectivity index (χ1n) is 4.03. The highest BCUT2D eigenvalue weighted by Gasteiger charge is 2.10. The third kappa shape index (κ3) is 2.27. The lowest BCUT2D eigenvalue weighted by atomic mass is 10.0. The second-order valence-corrected chi connectivity index (χ2v) is 2.99. The maximum absolute atomic E-state index is 13.2. The zero-order valence-corrected chi connectivity index (χ0v) is 7.42. The Morgan fingerprint density at radius 1 is 1.62 bits per heavy atom. The summed E-state index contributed by atoms with van der Waals surface area (Å²) in [5.74, 6) is -0.339. The molecule has 0 aliphatic heterocycles. The summed E-state index contributed by atoms with van der Waals surface area (Å²) in [4.78, 5) is 0. The van der Waals surface area contributed by atoms with Crippen LogP contribution in [0.2, 0.25) is 0 Å². The lowest BCUT2D eigenvalue weighted by Gasteiger charge is -2.09. The first-order chi connectivity index (χ1) is 6.15. The molecule has 13 heavy (non-hydrogen) atoms. The molecular weight excluding hydrogens is 167 g/mol. The van der Waals surface area contributed by atoms with Crippen LogP contribution in [-0.2, 0) is 0 Å². The molecular formula is C10H11FN2. The summed E-state index contributed by atoms with van der Waals surface area (Å²) in [6.07, 6.45) is 0.139. The van der Waals surface area contributed by atoms with Crippen LogP contribution < -0.4 is 5.73 Å². The molecule has 0 bridgehead atoms. The van der Waals surface area contributed by atoms with Gasteiger partial charge in [-0.15, -0.1) is 0 Å². The van der Waals surface area contributed by atoms with Gasteiger partial charge in [-0.2, -0.15) is 5.26 Å². The highest BCUT2D eigenvalue weighted by atomic mass is 19.1. The highest BCUT2D eigenvalue weighted by Crippen LogP contribution is 2.18. The molecule has 0 fully saturated rings. The van der Waals surface area contributed by atoms with E-state index in [0.29, 0.717) is 5.56 Å². The Bertz CT molecular complexity index is 341. The van der Waals surface area contributed by atoms with Gasteiger partial charge in [-0.05, 0) is 13.0 Å². The van der Waals surface area contributed by atoms with E-state index in [1.807, 2.05) is 13.0 Å². The summed E-state index contributed by atoms with van der Waals surface area (Å²) >= 11 is 0. The first kappa shape index (κ1) is 9.69. The molecule has 1 rings (SSSR count). The zero-order valence-electron chi connectivity index (χ0n) is 7.42. The number of halogens is 1. The largest absolute Gasteiger partial charge is 0.323 e. The van der Waals surface area contributed by atoms with Crippen LogP contribution in [0.1, 0.15) is 23.6 Å². The van der Waals surface area contributed by atoms with Crippen molar-refractivity contribution in [3.63, 3.8) is 0 Å². The van der Waals surface area contributed by atoms with Gasteiger partial charge in [0, 0.05) is 11.6 Å². The fourth-order valence-electron chi connectivity index (χ4n) is 1.16. The van der Waals surface area contributed by atoms with Gasteiger partial charge in [0.05, 0.1) is 12.5 Å². The van der Waals surface area contributed by atoms with Crippen LogP contribution in [0.4, 0.5) is 4.39 Å². The van der Waals surface area contributed by atoms with Crippen LogP contribution in [0, 0.1) is 24.1 Å². The summed E-state index contributed by atoms with van der Waals surface area (Å²) < 4.78 is 13.2. The predicted molar refractivity (Wildman–Crippen MR) is 48.3 cm³/mol. The molecule has 2 N–H and O–H groups in total. The molecule has 0 heterocycles. The molecule has 0 aliphatic rings. The Labute approximate surface area is 76.8 Å². The summed E-state index contributed by atoms with van der Waals surface area (Å²) in [5.41, 5.74) is 6.98. The van der Waals surface area contributed by atoms with Crippen LogP contribution in [0.25, 0.3) is 0 Å². The third-order valence-electron chi connectivity index (χ3n) is 1.86. The normalized spacial score (nSPS) is 12.2. The van der Waals surface area contributed by atoms with Crippen molar-refractivity contribution >= 4 is 0 Å². The van der Waals surface area contributed by atoms with Crippen molar-refractivity contribution in [2.24, 2.45) is 5.73 Å². The van der Waals surface area contributed by atoms with Gasteiger partial charge in [0.25, 0.3) is 0 Å². The number of benzene rings is 1. The first-order valence-corrected chi connectivity index (χ1v) is 4.03. The second kappa shape index (κ2) is 4.01. The molecule has 0 aromatic heterocycles. The number of hydrogen-bond acceptors (Lipinski definition) is 2. The Hall–Kier alpha value is -1.40. The average Bonchev–Trinajstić information content (AvgIpc) is 2.09. The lowest BCUT2D eigenvalue weighted by Crippen LogP contribution is -2.11. The van der Waals surface area contributed by atoms with E-state index in [0.717, 1.165) is 5.56 Å². The number of aryl methyl sites for hydroxylation is 1. The van der Waals surface area contributed by atoms with Crippen LogP contribution in [0.5, 0.6) is 0 Å². The minimum absolute atomic E-state index is 0.139. The maximum atomic E-state index is 13.2. The Balaban J connectivity index is 3.00. The van der Waals surface area contributed by atoms with Crippen LogP contribution >= 0.6 is 0 Å². The van der Waals surface area contributed by atoms with E-state index < -0.39 is 6.04 Å². The molecule has 0 spiro atoms. The van der Waals surface area contributed by atoms with Crippen LogP contribution in [0.3, 0.4) is 0 Å². The van der Waals surface area contributed by atoms with Crippen molar-refractivity contribution in [1.82, 2.24) is 0 Å². The van der Waals surface area contributed by atoms with Gasteiger partial charge < -0.3 is 5.73 Å². The molecule has 1 aromatic carbocycles. The summed E-state index contributed by atoms with van der Waals surface area (Å²) in [6, 6.07) is 6.13. The zero-order chi connectivity index (χ0) is 9.84. The van der Waals surface area contributed by atoms with Crippen molar-refractivity contribution in [2.75, 3.05) is 0 Å². The number of nitrogens with two attached hydrogens (primary N) is 1. The van der Waals surface area contributed by atoms with Gasteiger partial charge in [0.2, 0.25) is 0 Å². The van der Waals surface area contributed by atoms with Crippen LogP contribution in [-0.4, -0.2) is 0 Å². The lowest BCUT2D eigenvalue weighted by molar-refractivity contribution is 0.584. The molecule has 3 heteroatoms. The van der Waals surface area contributed by atoms with Crippen molar-refractivity contribution in [3.8, 4) is 6.07 Å². The van der Waals surface area contributed by atoms with E-state index in [9.17, 15) is 4.39 Å². The molecule has 0 unspecified atom stereocenters. The standard InChI is InChI=1S/C10H11FN2/c1-7-2-3-9(11)8(6-7)10(13)4-5-12/h2-3,6,10H,4,13H2,1H3/t10-/m0/s1. The van der Waals surface area contributed by atoms with Gasteiger partial charge in [0.15, 0.2) is 0 Å². The van der Waals surface area contributed by atoms with E-state index in [1.54, 1.807) is 12.1 Å². The summed E-state index contributed by atoms with van der Waals surface area (Å²) in [6.45, 7) is 1.86. The Morgan fingerprint density at radius 2 is 2.31 bits per heavy atom. The second-order valence-electron chi connectivity index (χ2n) is 2.99. The molecule has 0 saturated heterocycles.